The molecule has 2 N–H and O–H groups in total. The molecular weight excluding hydrogens is 428 g/mol. The van der Waals surface area contributed by atoms with Crippen molar-refractivity contribution in [3.63, 3.8) is 0 Å². The van der Waals surface area contributed by atoms with Gasteiger partial charge in [-0.1, -0.05) is 0 Å². The maximum Gasteiger partial charge on any atom is 0.260 e. The zero-order valence-corrected chi connectivity index (χ0v) is 18.8. The fraction of sp³-hybridized carbons (Fsp3) is 0.240. The van der Waals surface area contributed by atoms with Crippen molar-refractivity contribution in [3.8, 4) is 11.1 Å². The predicted molar refractivity (Wildman–Crippen MR) is 131 cm³/mol. The third-order valence-corrected chi connectivity index (χ3v) is 6.47. The summed E-state index contributed by atoms with van der Waals surface area (Å²) in [6.07, 6.45) is 12.7. The van der Waals surface area contributed by atoms with Gasteiger partial charge in [0.05, 0.1) is 40.5 Å². The lowest BCUT2D eigenvalue weighted by molar-refractivity contribution is 0.102. The Balaban J connectivity index is 1.22. The van der Waals surface area contributed by atoms with E-state index in [1.807, 2.05) is 47.7 Å². The molecule has 0 saturated carbocycles. The van der Waals surface area contributed by atoms with Crippen LogP contribution in [0.2, 0.25) is 0 Å². The van der Waals surface area contributed by atoms with E-state index in [0.717, 1.165) is 59.0 Å². The van der Waals surface area contributed by atoms with Gasteiger partial charge in [-0.3, -0.25) is 19.4 Å². The van der Waals surface area contributed by atoms with Crippen LogP contribution in [-0.2, 0) is 0 Å². The van der Waals surface area contributed by atoms with Crippen molar-refractivity contribution in [2.75, 3.05) is 25.5 Å². The first-order valence-electron chi connectivity index (χ1n) is 11.4. The lowest BCUT2D eigenvalue weighted by Crippen LogP contribution is -2.31. The summed E-state index contributed by atoms with van der Waals surface area (Å²) in [5.74, 6) is 0.248. The van der Waals surface area contributed by atoms with Crippen LogP contribution < -0.4 is 5.32 Å². The van der Waals surface area contributed by atoms with Crippen LogP contribution in [0, 0.1) is 0 Å². The number of nitrogens with one attached hydrogen (secondary N) is 2. The molecule has 0 bridgehead atoms. The molecule has 0 aliphatic carbocycles. The van der Waals surface area contributed by atoms with Gasteiger partial charge in [0.15, 0.2) is 0 Å². The summed E-state index contributed by atoms with van der Waals surface area (Å²) in [5, 5.41) is 8.22. The Morgan fingerprint density at radius 1 is 1.00 bits per heavy atom. The average Bonchev–Trinajstić information content (AvgIpc) is 3.54. The summed E-state index contributed by atoms with van der Waals surface area (Å²) in [7, 11) is 2.13. The van der Waals surface area contributed by atoms with E-state index in [-0.39, 0.29) is 5.91 Å². The number of carbonyl (C=O) groups excluding carboxylic acids is 1. The fourth-order valence-corrected chi connectivity index (χ4v) is 4.45. The van der Waals surface area contributed by atoms with Crippen LogP contribution >= 0.6 is 0 Å². The van der Waals surface area contributed by atoms with Crippen molar-refractivity contribution in [2.45, 2.75) is 18.9 Å². The molecule has 1 amide bonds. The fourth-order valence-electron chi connectivity index (χ4n) is 4.45. The molecule has 9 nitrogen and oxygen atoms in total. The molecule has 170 valence electrons. The first kappa shape index (κ1) is 20.5. The molecule has 0 aromatic carbocycles. The zero-order valence-electron chi connectivity index (χ0n) is 18.8. The van der Waals surface area contributed by atoms with Gasteiger partial charge in [0.1, 0.15) is 5.82 Å². The van der Waals surface area contributed by atoms with Gasteiger partial charge >= 0.3 is 0 Å². The lowest BCUT2D eigenvalue weighted by Gasteiger charge is -2.28. The zero-order chi connectivity index (χ0) is 23.1. The number of amides is 1. The van der Waals surface area contributed by atoms with E-state index in [9.17, 15) is 4.79 Å². The molecule has 1 saturated heterocycles. The lowest BCUT2D eigenvalue weighted by atomic mass is 10.1. The van der Waals surface area contributed by atoms with E-state index < -0.39 is 0 Å². The van der Waals surface area contributed by atoms with Gasteiger partial charge in [-0.15, -0.1) is 0 Å². The number of hydrogen-bond donors (Lipinski definition) is 2. The highest BCUT2D eigenvalue weighted by Crippen LogP contribution is 2.26. The SMILES string of the molecule is CN1CCC(n2cc(C(=O)Nc3cc4cc(-c5cnc6cc[nH]c6c5)cnc4cn3)cn2)CC1. The second-order valence-electron chi connectivity index (χ2n) is 8.82. The summed E-state index contributed by atoms with van der Waals surface area (Å²) < 4.78 is 1.92. The molecular formula is C25H24N8O. The number of nitrogens with zero attached hydrogens (tertiary/aromatic N) is 6. The number of piperidine rings is 1. The third kappa shape index (κ3) is 3.90. The Morgan fingerprint density at radius 3 is 2.65 bits per heavy atom. The number of H-pyrrole nitrogens is 1. The van der Waals surface area contributed by atoms with Crippen LogP contribution in [0.1, 0.15) is 29.2 Å². The Hall–Kier alpha value is -4.11. The highest BCUT2D eigenvalue weighted by atomic mass is 16.1. The molecule has 6 heterocycles. The Kier molecular flexibility index (Phi) is 5.03. The topological polar surface area (TPSA) is 105 Å². The molecule has 0 unspecified atom stereocenters. The summed E-state index contributed by atoms with van der Waals surface area (Å²) in [6.45, 7) is 2.08. The van der Waals surface area contributed by atoms with E-state index in [2.05, 4.69) is 48.4 Å². The number of likely N-dealkylation sites (tertiary alicyclic amines) is 1. The highest BCUT2D eigenvalue weighted by molar-refractivity contribution is 6.04. The average molecular weight is 453 g/mol. The molecule has 1 fully saturated rings. The first-order valence-corrected chi connectivity index (χ1v) is 11.4. The van der Waals surface area contributed by atoms with Crippen molar-refractivity contribution in [1.82, 2.24) is 34.6 Å². The molecule has 0 spiro atoms. The minimum absolute atomic E-state index is 0.225. The minimum Gasteiger partial charge on any atom is -0.360 e. The number of anilines is 1. The molecule has 1 aliphatic rings. The number of rotatable bonds is 4. The van der Waals surface area contributed by atoms with Gasteiger partial charge in [-0.05, 0) is 57.2 Å². The van der Waals surface area contributed by atoms with Crippen molar-refractivity contribution in [3.05, 3.63) is 67.0 Å². The number of hydrogen-bond acceptors (Lipinski definition) is 6. The number of pyridine rings is 3. The van der Waals surface area contributed by atoms with E-state index in [0.29, 0.717) is 17.4 Å². The molecule has 0 atom stereocenters. The van der Waals surface area contributed by atoms with Gasteiger partial charge in [0, 0.05) is 41.3 Å². The van der Waals surface area contributed by atoms with Gasteiger partial charge in [0.2, 0.25) is 0 Å². The first-order chi connectivity index (χ1) is 16.6. The van der Waals surface area contributed by atoms with Crippen molar-refractivity contribution in [1.29, 1.82) is 0 Å². The monoisotopic (exact) mass is 452 g/mol. The van der Waals surface area contributed by atoms with Crippen LogP contribution in [0.3, 0.4) is 0 Å². The second-order valence-corrected chi connectivity index (χ2v) is 8.82. The molecule has 6 rings (SSSR count). The second kappa shape index (κ2) is 8.35. The summed E-state index contributed by atoms with van der Waals surface area (Å²) >= 11 is 0. The standard InChI is InChI=1S/C25H24N8O/c1-32-6-3-20(4-7-32)33-15-19(13-30-33)25(34)31-24-10-16-8-17(11-28-23(16)14-29-24)18-9-22-21(27-12-18)2-5-26-22/h2,5,8-15,20,26H,3-4,6-7H2,1H3,(H,29,31,34). The van der Waals surface area contributed by atoms with Gasteiger partial charge in [0.25, 0.3) is 5.91 Å². The van der Waals surface area contributed by atoms with Crippen LogP contribution in [0.5, 0.6) is 0 Å². The number of aromatic amines is 1. The molecule has 1 aliphatic heterocycles. The minimum atomic E-state index is -0.225. The number of aromatic nitrogens is 6. The van der Waals surface area contributed by atoms with Crippen molar-refractivity contribution >= 4 is 33.7 Å². The summed E-state index contributed by atoms with van der Waals surface area (Å²) in [4.78, 5) is 31.7. The Morgan fingerprint density at radius 2 is 1.79 bits per heavy atom. The summed E-state index contributed by atoms with van der Waals surface area (Å²) in [5.41, 5.74) is 5.09. The largest absolute Gasteiger partial charge is 0.360 e. The maximum atomic E-state index is 12.8. The summed E-state index contributed by atoms with van der Waals surface area (Å²) in [6, 6.07) is 8.20. The van der Waals surface area contributed by atoms with Crippen LogP contribution in [0.25, 0.3) is 33.1 Å². The third-order valence-electron chi connectivity index (χ3n) is 6.47. The van der Waals surface area contributed by atoms with Gasteiger partial charge in [-0.25, -0.2) is 4.98 Å². The van der Waals surface area contributed by atoms with E-state index in [1.165, 1.54) is 0 Å². The number of carbonyl (C=O) groups is 1. The smallest absolute Gasteiger partial charge is 0.260 e. The Bertz CT molecular complexity index is 1500. The predicted octanol–water partition coefficient (Wildman–Crippen LogP) is 3.89. The van der Waals surface area contributed by atoms with Crippen LogP contribution in [0.4, 0.5) is 5.82 Å². The maximum absolute atomic E-state index is 12.8. The van der Waals surface area contributed by atoms with Gasteiger partial charge < -0.3 is 15.2 Å². The van der Waals surface area contributed by atoms with Crippen molar-refractivity contribution in [2.24, 2.45) is 0 Å². The molecule has 34 heavy (non-hydrogen) atoms. The Labute approximate surface area is 195 Å². The normalized spacial score (nSPS) is 15.2. The van der Waals surface area contributed by atoms with Gasteiger partial charge in [-0.2, -0.15) is 5.10 Å². The van der Waals surface area contributed by atoms with Crippen molar-refractivity contribution < 1.29 is 4.79 Å². The molecule has 5 aromatic heterocycles. The molecule has 0 radical (unpaired) electrons. The molecule has 9 heteroatoms. The highest BCUT2D eigenvalue weighted by Gasteiger charge is 2.20. The van der Waals surface area contributed by atoms with E-state index in [1.54, 1.807) is 12.4 Å². The quantitative estimate of drug-likeness (QED) is 0.429. The van der Waals surface area contributed by atoms with E-state index in [4.69, 9.17) is 0 Å². The molecule has 5 aromatic rings. The van der Waals surface area contributed by atoms with E-state index >= 15 is 0 Å². The van der Waals surface area contributed by atoms with Crippen LogP contribution in [0.15, 0.2) is 61.4 Å². The van der Waals surface area contributed by atoms with Crippen LogP contribution in [-0.4, -0.2) is 60.7 Å². The number of fused-ring (bicyclic) bond motifs is 2.